The average molecular weight is 292 g/mol. The Kier molecular flexibility index (Phi) is 4.92. The van der Waals surface area contributed by atoms with Gasteiger partial charge in [0.1, 0.15) is 0 Å². The number of hydrogen-bond donors (Lipinski definition) is 3. The lowest BCUT2D eigenvalue weighted by molar-refractivity contribution is -0.384. The molecule has 1 aromatic rings. The molecule has 1 fully saturated rings. The number of benzene rings is 1. The van der Waals surface area contributed by atoms with Crippen molar-refractivity contribution in [3.63, 3.8) is 0 Å². The van der Waals surface area contributed by atoms with Crippen LogP contribution in [0.5, 0.6) is 0 Å². The predicted octanol–water partition coefficient (Wildman–Crippen LogP) is 1.82. The molecule has 0 spiro atoms. The number of nitro groups is 1. The lowest BCUT2D eigenvalue weighted by Gasteiger charge is -2.31. The van der Waals surface area contributed by atoms with Gasteiger partial charge >= 0.3 is 0 Å². The third-order valence-electron chi connectivity index (χ3n) is 3.88. The van der Waals surface area contributed by atoms with Crippen molar-refractivity contribution in [2.24, 2.45) is 11.3 Å². The minimum atomic E-state index is -0.357. The van der Waals surface area contributed by atoms with Gasteiger partial charge in [0, 0.05) is 43.7 Å². The smallest absolute Gasteiger partial charge is 0.269 e. The van der Waals surface area contributed by atoms with Crippen LogP contribution in [0.2, 0.25) is 0 Å². The van der Waals surface area contributed by atoms with Crippen LogP contribution in [0, 0.1) is 21.4 Å². The third kappa shape index (κ3) is 4.23. The molecule has 1 aromatic carbocycles. The van der Waals surface area contributed by atoms with Gasteiger partial charge in [0.2, 0.25) is 0 Å². The molecule has 116 valence electrons. The Bertz CT molecular complexity index is 499. The van der Waals surface area contributed by atoms with Gasteiger partial charge < -0.3 is 5.32 Å². The fourth-order valence-corrected chi connectivity index (χ4v) is 2.83. The molecule has 0 bridgehead atoms. The lowest BCUT2D eigenvalue weighted by atomic mass is 9.80. The Morgan fingerprint density at radius 2 is 2.19 bits per heavy atom. The summed E-state index contributed by atoms with van der Waals surface area (Å²) in [6.45, 7) is 9.14. The highest BCUT2D eigenvalue weighted by Crippen LogP contribution is 2.26. The molecule has 2 atom stereocenters. The van der Waals surface area contributed by atoms with Gasteiger partial charge in [0.15, 0.2) is 0 Å². The van der Waals surface area contributed by atoms with Gasteiger partial charge in [-0.15, -0.1) is 0 Å². The first-order valence-electron chi connectivity index (χ1n) is 7.30. The van der Waals surface area contributed by atoms with Crippen molar-refractivity contribution >= 4 is 5.69 Å². The fourth-order valence-electron chi connectivity index (χ4n) is 2.83. The Morgan fingerprint density at radius 3 is 2.86 bits per heavy atom. The van der Waals surface area contributed by atoms with Crippen molar-refractivity contribution in [1.82, 2.24) is 16.2 Å². The zero-order chi connectivity index (χ0) is 15.5. The van der Waals surface area contributed by atoms with E-state index < -0.39 is 0 Å². The molecular weight excluding hydrogens is 268 g/mol. The van der Waals surface area contributed by atoms with Crippen LogP contribution in [-0.2, 0) is 6.54 Å². The van der Waals surface area contributed by atoms with E-state index in [-0.39, 0.29) is 16.0 Å². The fraction of sp³-hybridized carbons (Fsp3) is 0.600. The third-order valence-corrected chi connectivity index (χ3v) is 3.88. The molecule has 6 heteroatoms. The molecule has 0 aromatic heterocycles. The zero-order valence-electron chi connectivity index (χ0n) is 12.8. The second-order valence-electron chi connectivity index (χ2n) is 6.69. The number of nitrogens with one attached hydrogen (secondary N) is 3. The maximum Gasteiger partial charge on any atom is 0.269 e. The van der Waals surface area contributed by atoms with Crippen LogP contribution in [0.1, 0.15) is 26.3 Å². The largest absolute Gasteiger partial charge is 0.312 e. The van der Waals surface area contributed by atoms with Crippen LogP contribution in [0.15, 0.2) is 24.3 Å². The van der Waals surface area contributed by atoms with E-state index in [1.54, 1.807) is 12.1 Å². The molecule has 0 aliphatic carbocycles. The van der Waals surface area contributed by atoms with E-state index in [1.807, 2.05) is 6.07 Å². The van der Waals surface area contributed by atoms with Gasteiger partial charge in [-0.2, -0.15) is 0 Å². The lowest BCUT2D eigenvalue weighted by Crippen LogP contribution is -2.44. The molecule has 3 N–H and O–H groups in total. The van der Waals surface area contributed by atoms with Gasteiger partial charge in [-0.05, 0) is 11.0 Å². The van der Waals surface area contributed by atoms with E-state index in [0.717, 1.165) is 18.7 Å². The van der Waals surface area contributed by atoms with Gasteiger partial charge in [0.25, 0.3) is 5.69 Å². The summed E-state index contributed by atoms with van der Waals surface area (Å²) in [7, 11) is 0. The van der Waals surface area contributed by atoms with Gasteiger partial charge in [-0.1, -0.05) is 32.9 Å². The van der Waals surface area contributed by atoms with Crippen molar-refractivity contribution in [1.29, 1.82) is 0 Å². The summed E-state index contributed by atoms with van der Waals surface area (Å²) in [5.74, 6) is 0.503. The average Bonchev–Trinajstić information content (AvgIpc) is 2.87. The molecule has 2 rings (SSSR count). The topological polar surface area (TPSA) is 79.2 Å². The van der Waals surface area contributed by atoms with Crippen molar-refractivity contribution in [2.45, 2.75) is 33.4 Å². The molecule has 2 unspecified atom stereocenters. The number of nitro benzene ring substituents is 1. The van der Waals surface area contributed by atoms with Crippen LogP contribution >= 0.6 is 0 Å². The van der Waals surface area contributed by atoms with Crippen molar-refractivity contribution < 1.29 is 4.92 Å². The zero-order valence-corrected chi connectivity index (χ0v) is 12.8. The summed E-state index contributed by atoms with van der Waals surface area (Å²) in [4.78, 5) is 10.4. The molecule has 0 radical (unpaired) electrons. The highest BCUT2D eigenvalue weighted by Gasteiger charge is 2.35. The van der Waals surface area contributed by atoms with Crippen LogP contribution in [-0.4, -0.2) is 24.1 Å². The summed E-state index contributed by atoms with van der Waals surface area (Å²) < 4.78 is 0. The minimum Gasteiger partial charge on any atom is -0.312 e. The number of nitrogens with zero attached hydrogens (tertiary/aromatic N) is 1. The second kappa shape index (κ2) is 6.51. The SMILES string of the molecule is CC(C)(C)C1NNCC1CNCc1cccc([N+](=O)[O-])c1. The molecule has 6 nitrogen and oxygen atoms in total. The van der Waals surface area contributed by atoms with Crippen LogP contribution < -0.4 is 16.2 Å². The van der Waals surface area contributed by atoms with Crippen molar-refractivity contribution in [3.8, 4) is 0 Å². The minimum absolute atomic E-state index is 0.145. The first-order valence-corrected chi connectivity index (χ1v) is 7.30. The van der Waals surface area contributed by atoms with E-state index in [0.29, 0.717) is 18.5 Å². The summed E-state index contributed by atoms with van der Waals surface area (Å²) in [6, 6.07) is 7.19. The quantitative estimate of drug-likeness (QED) is 0.570. The second-order valence-corrected chi connectivity index (χ2v) is 6.69. The highest BCUT2D eigenvalue weighted by molar-refractivity contribution is 5.34. The Balaban J connectivity index is 1.87. The van der Waals surface area contributed by atoms with E-state index in [2.05, 4.69) is 36.9 Å². The Morgan fingerprint density at radius 1 is 1.43 bits per heavy atom. The Labute approximate surface area is 125 Å². The number of hydrazine groups is 1. The van der Waals surface area contributed by atoms with E-state index in [1.165, 1.54) is 6.07 Å². The number of hydrogen-bond acceptors (Lipinski definition) is 5. The van der Waals surface area contributed by atoms with Crippen molar-refractivity contribution in [3.05, 3.63) is 39.9 Å². The molecule has 21 heavy (non-hydrogen) atoms. The molecular formula is C15H24N4O2. The first-order chi connectivity index (χ1) is 9.88. The van der Waals surface area contributed by atoms with Gasteiger partial charge in [-0.3, -0.25) is 21.0 Å². The van der Waals surface area contributed by atoms with Gasteiger partial charge in [0.05, 0.1) is 4.92 Å². The van der Waals surface area contributed by atoms with Crippen LogP contribution in [0.4, 0.5) is 5.69 Å². The van der Waals surface area contributed by atoms with Crippen LogP contribution in [0.25, 0.3) is 0 Å². The normalized spacial score (nSPS) is 22.4. The van der Waals surface area contributed by atoms with E-state index >= 15 is 0 Å². The Hall–Kier alpha value is -1.50. The summed E-state index contributed by atoms with van der Waals surface area (Å²) in [6.07, 6.45) is 0. The first kappa shape index (κ1) is 15.9. The molecule has 1 saturated heterocycles. The predicted molar refractivity (Wildman–Crippen MR) is 82.7 cm³/mol. The van der Waals surface area contributed by atoms with Gasteiger partial charge in [-0.25, -0.2) is 0 Å². The maximum atomic E-state index is 10.8. The molecule has 1 aliphatic rings. The molecule has 0 saturated carbocycles. The number of rotatable bonds is 5. The van der Waals surface area contributed by atoms with Crippen molar-refractivity contribution in [2.75, 3.05) is 13.1 Å². The van der Waals surface area contributed by atoms with E-state index in [9.17, 15) is 10.1 Å². The molecule has 1 heterocycles. The molecule has 0 amide bonds. The summed E-state index contributed by atoms with van der Waals surface area (Å²) in [5, 5.41) is 14.2. The highest BCUT2D eigenvalue weighted by atomic mass is 16.6. The summed E-state index contributed by atoms with van der Waals surface area (Å²) in [5.41, 5.74) is 7.84. The van der Waals surface area contributed by atoms with Crippen LogP contribution in [0.3, 0.4) is 0 Å². The molecule has 1 aliphatic heterocycles. The standard InChI is InChI=1S/C15H24N4O2/c1-15(2,3)14-12(10-17-18-14)9-16-8-11-5-4-6-13(7-11)19(20)21/h4-7,12,14,16-18H,8-10H2,1-3H3. The van der Waals surface area contributed by atoms with E-state index in [4.69, 9.17) is 0 Å². The monoisotopic (exact) mass is 292 g/mol. The summed E-state index contributed by atoms with van der Waals surface area (Å²) >= 11 is 0. The maximum absolute atomic E-state index is 10.8. The number of non-ortho nitro benzene ring substituents is 1.